The zero-order chi connectivity index (χ0) is 52.6. The topological polar surface area (TPSA) is 384 Å². The Balaban J connectivity index is 0.000000440. The summed E-state index contributed by atoms with van der Waals surface area (Å²) in [5, 5.41) is 10.4. The molecule has 0 saturated carbocycles. The molecule has 0 aliphatic carbocycles. The Labute approximate surface area is 420 Å². The third-order valence-electron chi connectivity index (χ3n) is 9.06. The molecule has 2 aromatic carbocycles. The Kier molecular flexibility index (Phi) is 24.3. The lowest BCUT2D eigenvalue weighted by molar-refractivity contribution is -0.142. The van der Waals surface area contributed by atoms with Gasteiger partial charge in [-0.25, -0.2) is 24.9 Å². The summed E-state index contributed by atoms with van der Waals surface area (Å²) in [5.74, 6) is 1.80. The van der Waals surface area contributed by atoms with Gasteiger partial charge in [0.2, 0.25) is 5.13 Å². The number of anilines is 2. The van der Waals surface area contributed by atoms with Gasteiger partial charge in [0.25, 0.3) is 16.0 Å². The number of hydrogen-bond acceptors (Lipinski definition) is 16. The molecule has 0 atom stereocenters. The number of aliphatic imine (C=N–C) groups is 2. The van der Waals surface area contributed by atoms with Crippen LogP contribution >= 0.6 is 23.1 Å². The number of aryl methyl sites for hydroxylation is 1. The smallest absolute Gasteiger partial charge is 0.435 e. The van der Waals surface area contributed by atoms with E-state index in [0.717, 1.165) is 48.4 Å². The van der Waals surface area contributed by atoms with Gasteiger partial charge in [-0.1, -0.05) is 32.3 Å². The van der Waals surface area contributed by atoms with Crippen LogP contribution in [0.5, 0.6) is 0 Å². The normalized spacial score (nSPS) is 11.6. The second-order valence-corrected chi connectivity index (χ2v) is 19.5. The van der Waals surface area contributed by atoms with Crippen molar-refractivity contribution in [3.8, 4) is 0 Å². The number of carbonyl (C=O) groups excluding carboxylic acids is 3. The van der Waals surface area contributed by atoms with Gasteiger partial charge in [-0.05, 0) is 67.9 Å². The maximum Gasteiger partial charge on any atom is 0.435 e. The fourth-order valence-electron chi connectivity index (χ4n) is 5.88. The molecule has 0 unspecified atom stereocenters. The number of nitrogens with one attached hydrogen (secondary N) is 1. The van der Waals surface area contributed by atoms with Crippen molar-refractivity contribution in [2.45, 2.75) is 64.7 Å². The van der Waals surface area contributed by atoms with E-state index in [1.165, 1.54) is 28.0 Å². The summed E-state index contributed by atoms with van der Waals surface area (Å²) in [7, 11) is -5.67. The first kappa shape index (κ1) is 58.6. The second-order valence-electron chi connectivity index (χ2n) is 14.9. The van der Waals surface area contributed by atoms with E-state index in [0.29, 0.717) is 64.9 Å². The van der Waals surface area contributed by atoms with Crippen LogP contribution in [0.3, 0.4) is 0 Å². The van der Waals surface area contributed by atoms with Gasteiger partial charge in [-0.2, -0.15) is 38.6 Å². The average molecular weight is 1060 g/mol. The molecule has 24 nitrogen and oxygen atoms in total. The number of rotatable bonds is 22. The van der Waals surface area contributed by atoms with Crippen LogP contribution < -0.4 is 38.3 Å². The van der Waals surface area contributed by atoms with Gasteiger partial charge in [0, 0.05) is 59.9 Å². The van der Waals surface area contributed by atoms with Crippen LogP contribution in [-0.2, 0) is 53.9 Å². The fraction of sp³-hybridized carbons (Fsp3) is 0.372. The molecule has 71 heavy (non-hydrogen) atoms. The SMILES string of the molecule is CCCCCCOC(=O)/N=C(/N)c1ccc(NCc2nc3cc(C(=O)N(CCC(=O)OCC)c4ccccn4)ccc3n2C)cc1.CS(=O)(=O)O.NC(N)=Nc1nc(CSCC/C(N)=N/S(N)(=O)=O)cs1. The largest absolute Gasteiger partial charge is 0.466 e. The second kappa shape index (κ2) is 29.5. The van der Waals surface area contributed by atoms with Crippen LogP contribution in [-0.4, -0.2) is 108 Å². The van der Waals surface area contributed by atoms with Gasteiger partial charge in [0.05, 0.1) is 49.2 Å². The van der Waals surface area contributed by atoms with E-state index >= 15 is 0 Å². The monoisotopic (exact) mass is 1060 g/mol. The molecule has 0 spiro atoms. The van der Waals surface area contributed by atoms with E-state index in [4.69, 9.17) is 47.1 Å². The molecule has 3 heterocycles. The quantitative estimate of drug-likeness (QED) is 0.0167. The number of amidine groups is 2. The molecule has 0 bridgehead atoms. The van der Waals surface area contributed by atoms with Gasteiger partial charge < -0.3 is 42.3 Å². The van der Waals surface area contributed by atoms with Gasteiger partial charge in [0.15, 0.2) is 5.96 Å². The number of thiazole rings is 1. The lowest BCUT2D eigenvalue weighted by atomic mass is 10.1. The molecule has 12 N–H and O–H groups in total. The first-order valence-electron chi connectivity index (χ1n) is 21.7. The predicted octanol–water partition coefficient (Wildman–Crippen LogP) is 4.34. The van der Waals surface area contributed by atoms with Crippen molar-refractivity contribution in [2.24, 2.45) is 49.5 Å². The Morgan fingerprint density at radius 3 is 2.27 bits per heavy atom. The maximum absolute atomic E-state index is 13.6. The number of benzene rings is 2. The Hall–Kier alpha value is -6.72. The molecule has 0 saturated heterocycles. The number of imidazole rings is 1. The van der Waals surface area contributed by atoms with Crippen molar-refractivity contribution in [1.29, 1.82) is 0 Å². The highest BCUT2D eigenvalue weighted by Gasteiger charge is 2.22. The molecule has 5 aromatic rings. The van der Waals surface area contributed by atoms with E-state index < -0.39 is 26.4 Å². The molecule has 0 fully saturated rings. The minimum absolute atomic E-state index is 0.0144. The summed E-state index contributed by atoms with van der Waals surface area (Å²) in [6.07, 6.45) is 6.03. The number of guanidine groups is 1. The van der Waals surface area contributed by atoms with Gasteiger partial charge in [0.1, 0.15) is 23.3 Å². The third kappa shape index (κ3) is 23.2. The molecule has 0 radical (unpaired) electrons. The third-order valence-corrected chi connectivity index (χ3v) is 11.3. The van der Waals surface area contributed by atoms with Crippen molar-refractivity contribution in [1.82, 2.24) is 19.5 Å². The minimum atomic E-state index is -3.92. The van der Waals surface area contributed by atoms with Crippen LogP contribution in [0.1, 0.15) is 79.8 Å². The van der Waals surface area contributed by atoms with E-state index in [-0.39, 0.29) is 49.1 Å². The van der Waals surface area contributed by atoms with E-state index in [9.17, 15) is 31.2 Å². The van der Waals surface area contributed by atoms with Gasteiger partial charge >= 0.3 is 22.3 Å². The summed E-state index contributed by atoms with van der Waals surface area (Å²) < 4.78 is 62.5. The highest BCUT2D eigenvalue weighted by atomic mass is 32.2. The lowest BCUT2D eigenvalue weighted by Gasteiger charge is -2.21. The number of aromatic nitrogens is 4. The molecule has 2 amide bonds. The highest BCUT2D eigenvalue weighted by molar-refractivity contribution is 7.98. The molecule has 386 valence electrons. The van der Waals surface area contributed by atoms with Crippen molar-refractivity contribution in [3.05, 3.63) is 94.9 Å². The zero-order valence-electron chi connectivity index (χ0n) is 39.6. The number of esters is 1. The summed E-state index contributed by atoms with van der Waals surface area (Å²) in [4.78, 5) is 60.1. The van der Waals surface area contributed by atoms with Crippen molar-refractivity contribution in [3.63, 3.8) is 0 Å². The molecule has 3 aromatic heterocycles. The standard InChI is InChI=1S/C34H41N7O5.C8H15N7O2S3.CH4O3S/c1-4-6-7-10-21-46-34(44)39-32(35)24-12-15-26(16-13-24)37-23-30-38-27-22-25(14-17-28(27)40(30)3)33(43)41(20-18-31(42)45-5-2)29-11-8-9-19-36-29;9-6(15-20(12,16)17)1-2-18-3-5-4-19-8(13-5)14-7(10)11;1-5(2,3)4/h8-9,11-17,19,22,37H,4-7,10,18,20-21,23H2,1-3H3,(H2,35,39,44);4H,1-3H2,(H2,9,15)(H2,12,16,17)(H4,10,11,13,14);1H3,(H,2,3,4). The summed E-state index contributed by atoms with van der Waals surface area (Å²) in [6.45, 7) is 5.02. The average Bonchev–Trinajstić information content (AvgIpc) is 3.88. The summed E-state index contributed by atoms with van der Waals surface area (Å²) in [6, 6.07) is 17.9. The van der Waals surface area contributed by atoms with Crippen molar-refractivity contribution < 1.29 is 45.2 Å². The summed E-state index contributed by atoms with van der Waals surface area (Å²) >= 11 is 2.86. The molecule has 0 aliphatic rings. The first-order chi connectivity index (χ1) is 33.6. The number of pyridine rings is 1. The fourth-order valence-corrected chi connectivity index (χ4v) is 7.96. The van der Waals surface area contributed by atoms with E-state index in [1.54, 1.807) is 55.6 Å². The number of unbranched alkanes of at least 4 members (excludes halogenated alkanes) is 3. The predicted molar refractivity (Wildman–Crippen MR) is 278 cm³/mol. The zero-order valence-corrected chi connectivity index (χ0v) is 42.9. The number of nitrogens with two attached hydrogens (primary N) is 5. The van der Waals surface area contributed by atoms with E-state index in [1.807, 2.05) is 35.2 Å². The van der Waals surface area contributed by atoms with Crippen LogP contribution in [0.2, 0.25) is 0 Å². The highest BCUT2D eigenvalue weighted by Crippen LogP contribution is 2.23. The number of ether oxygens (including phenoxy) is 2. The molecule has 5 rings (SSSR count). The number of nitrogens with zero attached hydrogens (tertiary/aromatic N) is 8. The van der Waals surface area contributed by atoms with Gasteiger partial charge in [-0.15, -0.1) is 15.7 Å². The molecular formula is C43H60N14O10S4. The number of fused-ring (bicyclic) bond motifs is 1. The number of carbonyl (C=O) groups is 3. The van der Waals surface area contributed by atoms with E-state index in [2.05, 4.69) is 36.6 Å². The first-order valence-corrected chi connectivity index (χ1v) is 27.1. The van der Waals surface area contributed by atoms with Crippen LogP contribution in [0.4, 0.5) is 21.4 Å². The van der Waals surface area contributed by atoms with Crippen LogP contribution in [0.25, 0.3) is 11.0 Å². The van der Waals surface area contributed by atoms with Crippen molar-refractivity contribution in [2.75, 3.05) is 42.0 Å². The Morgan fingerprint density at radius 2 is 1.63 bits per heavy atom. The van der Waals surface area contributed by atoms with Crippen LogP contribution in [0.15, 0.2) is 86.6 Å². The number of thioether (sulfide) groups is 1. The van der Waals surface area contributed by atoms with Crippen LogP contribution in [0, 0.1) is 0 Å². The van der Waals surface area contributed by atoms with Crippen molar-refractivity contribution >= 4 is 107 Å². The minimum Gasteiger partial charge on any atom is -0.466 e. The molecular weight excluding hydrogens is 1000 g/mol. The Bertz CT molecular complexity index is 2830. The Morgan fingerprint density at radius 1 is 0.930 bits per heavy atom. The lowest BCUT2D eigenvalue weighted by Crippen LogP contribution is -2.34. The number of hydrogen-bond donors (Lipinski definition) is 7. The number of amides is 2. The summed E-state index contributed by atoms with van der Waals surface area (Å²) in [5.41, 5.74) is 26.1. The molecule has 0 aliphatic heterocycles. The van der Waals surface area contributed by atoms with Gasteiger partial charge in [-0.3, -0.25) is 19.0 Å². The molecule has 28 heteroatoms. The maximum atomic E-state index is 13.6.